The van der Waals surface area contributed by atoms with Gasteiger partial charge in [0.1, 0.15) is 6.04 Å². The molecule has 0 aliphatic heterocycles. The number of carboxylic acid groups (broad SMARTS) is 1. The van der Waals surface area contributed by atoms with Crippen LogP contribution in [0.5, 0.6) is 0 Å². The summed E-state index contributed by atoms with van der Waals surface area (Å²) in [6.07, 6.45) is 0. The zero-order valence-electron chi connectivity index (χ0n) is 15.2. The van der Waals surface area contributed by atoms with E-state index in [1.165, 1.54) is 0 Å². The van der Waals surface area contributed by atoms with Gasteiger partial charge in [0.05, 0.1) is 32.5 Å². The fraction of sp³-hybridized carbons (Fsp3) is 0.263. The molecule has 9 heteroatoms. The molecule has 0 aliphatic carbocycles. The van der Waals surface area contributed by atoms with E-state index in [1.54, 1.807) is 56.3 Å². The van der Waals surface area contributed by atoms with E-state index >= 15 is 0 Å². The molecule has 2 aromatic carbocycles. The number of carboxylic acids is 1. The summed E-state index contributed by atoms with van der Waals surface area (Å²) in [7, 11) is 0. The Hall–Kier alpha value is -1.93. The summed E-state index contributed by atoms with van der Waals surface area (Å²) in [5, 5.41) is 12.8. The van der Waals surface area contributed by atoms with Gasteiger partial charge in [-0.2, -0.15) is 0 Å². The predicted octanol–water partition coefficient (Wildman–Crippen LogP) is 4.53. The van der Waals surface area contributed by atoms with Gasteiger partial charge in [0.25, 0.3) is 0 Å². The van der Waals surface area contributed by atoms with Crippen LogP contribution in [-0.4, -0.2) is 27.8 Å². The van der Waals surface area contributed by atoms with Crippen molar-refractivity contribution in [3.05, 3.63) is 64.1 Å². The molecule has 0 amide bonds. The van der Waals surface area contributed by atoms with Crippen molar-refractivity contribution in [3.63, 3.8) is 0 Å². The third-order valence-corrected chi connectivity index (χ3v) is 5.53. The maximum Gasteiger partial charge on any atom is 0.345 e. The van der Waals surface area contributed by atoms with Crippen LogP contribution in [-0.2, 0) is 13.8 Å². The van der Waals surface area contributed by atoms with Crippen LogP contribution in [0.3, 0.4) is 0 Å². The first-order valence-electron chi connectivity index (χ1n) is 8.27. The van der Waals surface area contributed by atoms with E-state index in [0.717, 1.165) is 0 Å². The highest BCUT2D eigenvalue weighted by atomic mass is 35.5. The molecule has 0 bridgehead atoms. The molecule has 150 valence electrons. The summed E-state index contributed by atoms with van der Waals surface area (Å²) < 4.78 is 4.30. The standard InChI is InChI=1S/C19H20Cl2N2O4S/c1-19(2,16(22)17(24)25)28-27-18(26)14(11-7-4-3-5-8-11)23-15-12(20)9-6-10-13(15)21/h3-10,14,16,23H,22H2,1-2H3,(H,24,25)/t14?,16-/m1/s1. The number of carbonyl (C=O) groups is 2. The summed E-state index contributed by atoms with van der Waals surface area (Å²) in [4.78, 5) is 24.0. The van der Waals surface area contributed by atoms with Crippen molar-refractivity contribution >= 4 is 52.9 Å². The smallest absolute Gasteiger partial charge is 0.345 e. The molecule has 0 saturated heterocycles. The van der Waals surface area contributed by atoms with Gasteiger partial charge < -0.3 is 20.3 Å². The monoisotopic (exact) mass is 442 g/mol. The number of aliphatic carboxylic acids is 1. The number of para-hydroxylation sites is 1. The predicted molar refractivity (Wildman–Crippen MR) is 113 cm³/mol. The number of hydrogen-bond acceptors (Lipinski definition) is 6. The largest absolute Gasteiger partial charge is 0.480 e. The zero-order valence-corrected chi connectivity index (χ0v) is 17.5. The minimum absolute atomic E-state index is 0.349. The minimum atomic E-state index is -1.22. The number of halogens is 2. The first-order chi connectivity index (χ1) is 13.1. The van der Waals surface area contributed by atoms with Gasteiger partial charge in [0.15, 0.2) is 6.04 Å². The summed E-state index contributed by atoms with van der Waals surface area (Å²) >= 11 is 13.1. The Kier molecular flexibility index (Phi) is 7.60. The molecular formula is C19H20Cl2N2O4S. The second-order valence-electron chi connectivity index (χ2n) is 6.49. The molecule has 2 rings (SSSR count). The number of rotatable bonds is 8. The molecule has 0 spiro atoms. The molecule has 0 saturated carbocycles. The van der Waals surface area contributed by atoms with Crippen molar-refractivity contribution in [2.75, 3.05) is 5.32 Å². The van der Waals surface area contributed by atoms with E-state index in [-0.39, 0.29) is 0 Å². The molecule has 2 aromatic rings. The summed E-state index contributed by atoms with van der Waals surface area (Å²) in [5.41, 5.74) is 6.69. The molecule has 0 fully saturated rings. The van der Waals surface area contributed by atoms with Crippen LogP contribution in [0.15, 0.2) is 48.5 Å². The Balaban J connectivity index is 2.25. The molecule has 0 aliphatic rings. The van der Waals surface area contributed by atoms with Crippen LogP contribution in [0.2, 0.25) is 10.0 Å². The number of hydrogen-bond donors (Lipinski definition) is 3. The zero-order chi connectivity index (χ0) is 20.9. The van der Waals surface area contributed by atoms with Gasteiger partial charge >= 0.3 is 11.9 Å². The molecule has 6 nitrogen and oxygen atoms in total. The highest BCUT2D eigenvalue weighted by Gasteiger charge is 2.36. The molecular weight excluding hydrogens is 423 g/mol. The lowest BCUT2D eigenvalue weighted by Crippen LogP contribution is -2.47. The quantitative estimate of drug-likeness (QED) is 0.516. The van der Waals surface area contributed by atoms with Crippen molar-refractivity contribution in [2.24, 2.45) is 5.73 Å². The summed E-state index contributed by atoms with van der Waals surface area (Å²) in [6.45, 7) is 3.17. The van der Waals surface area contributed by atoms with Gasteiger partial charge in [-0.15, -0.1) is 0 Å². The molecule has 0 aromatic heterocycles. The van der Waals surface area contributed by atoms with Gasteiger partial charge in [-0.3, -0.25) is 4.79 Å². The van der Waals surface area contributed by atoms with Gasteiger partial charge in [-0.1, -0.05) is 59.6 Å². The first kappa shape index (κ1) is 22.4. The summed E-state index contributed by atoms with van der Waals surface area (Å²) in [5.74, 6) is -1.83. The van der Waals surface area contributed by atoms with E-state index in [0.29, 0.717) is 33.3 Å². The molecule has 1 unspecified atom stereocenters. The van der Waals surface area contributed by atoms with Crippen molar-refractivity contribution in [1.82, 2.24) is 0 Å². The van der Waals surface area contributed by atoms with Crippen molar-refractivity contribution in [3.8, 4) is 0 Å². The summed E-state index contributed by atoms with van der Waals surface area (Å²) in [6, 6.07) is 11.7. The SMILES string of the molecule is CC(C)(SOC(=O)C(Nc1c(Cl)cccc1Cl)c1ccccc1)[C@H](N)C(=O)O. The third kappa shape index (κ3) is 5.54. The number of carbonyl (C=O) groups excluding carboxylic acids is 1. The maximum atomic E-state index is 12.8. The molecule has 4 N–H and O–H groups in total. The molecule has 28 heavy (non-hydrogen) atoms. The second-order valence-corrected chi connectivity index (χ2v) is 8.69. The topological polar surface area (TPSA) is 102 Å². The normalized spacial score (nSPS) is 13.5. The Labute approximate surface area is 177 Å². The molecule has 2 atom stereocenters. The Morgan fingerprint density at radius 3 is 2.21 bits per heavy atom. The Bertz CT molecular complexity index is 829. The van der Waals surface area contributed by atoms with Crippen LogP contribution in [0.25, 0.3) is 0 Å². The fourth-order valence-corrected chi connectivity index (χ4v) is 3.35. The molecule has 0 heterocycles. The van der Waals surface area contributed by atoms with E-state index < -0.39 is 28.8 Å². The minimum Gasteiger partial charge on any atom is -0.480 e. The van der Waals surface area contributed by atoms with Crippen molar-refractivity contribution in [1.29, 1.82) is 0 Å². The van der Waals surface area contributed by atoms with Crippen LogP contribution >= 0.6 is 35.2 Å². The van der Waals surface area contributed by atoms with Gasteiger partial charge in [0, 0.05) is 0 Å². The van der Waals surface area contributed by atoms with E-state index in [2.05, 4.69) is 5.32 Å². The van der Waals surface area contributed by atoms with Crippen LogP contribution in [0.1, 0.15) is 25.5 Å². The highest BCUT2D eigenvalue weighted by molar-refractivity contribution is 7.96. The lowest BCUT2D eigenvalue weighted by molar-refractivity contribution is -0.139. The van der Waals surface area contributed by atoms with Gasteiger partial charge in [0.2, 0.25) is 0 Å². The van der Waals surface area contributed by atoms with Crippen molar-refractivity contribution in [2.45, 2.75) is 30.7 Å². The Morgan fingerprint density at radius 2 is 1.68 bits per heavy atom. The number of nitrogens with one attached hydrogen (secondary N) is 1. The Morgan fingerprint density at radius 1 is 1.11 bits per heavy atom. The van der Waals surface area contributed by atoms with Gasteiger partial charge in [-0.05, 0) is 31.5 Å². The molecule has 0 radical (unpaired) electrons. The number of benzene rings is 2. The number of anilines is 1. The van der Waals surface area contributed by atoms with E-state index in [4.69, 9.17) is 38.2 Å². The average Bonchev–Trinajstić information content (AvgIpc) is 2.66. The fourth-order valence-electron chi connectivity index (χ4n) is 2.25. The maximum absolute atomic E-state index is 12.8. The van der Waals surface area contributed by atoms with Crippen LogP contribution in [0.4, 0.5) is 5.69 Å². The van der Waals surface area contributed by atoms with Crippen LogP contribution < -0.4 is 11.1 Å². The van der Waals surface area contributed by atoms with Crippen LogP contribution in [0, 0.1) is 0 Å². The lowest BCUT2D eigenvalue weighted by Gasteiger charge is -2.27. The lowest BCUT2D eigenvalue weighted by atomic mass is 10.1. The highest BCUT2D eigenvalue weighted by Crippen LogP contribution is 2.35. The average molecular weight is 443 g/mol. The van der Waals surface area contributed by atoms with E-state index in [1.807, 2.05) is 6.07 Å². The third-order valence-electron chi connectivity index (χ3n) is 3.97. The first-order valence-corrected chi connectivity index (χ1v) is 9.76. The number of nitrogens with two attached hydrogens (primary N) is 1. The van der Waals surface area contributed by atoms with Gasteiger partial charge in [-0.25, -0.2) is 4.79 Å². The second kappa shape index (κ2) is 9.52. The van der Waals surface area contributed by atoms with E-state index in [9.17, 15) is 9.59 Å². The van der Waals surface area contributed by atoms with Crippen molar-refractivity contribution < 1.29 is 18.9 Å².